The van der Waals surface area contributed by atoms with Crippen LogP contribution in [0.2, 0.25) is 0 Å². The summed E-state index contributed by atoms with van der Waals surface area (Å²) >= 11 is 0. The highest BCUT2D eigenvalue weighted by molar-refractivity contribution is 5.42. The minimum absolute atomic E-state index is 0.353. The summed E-state index contributed by atoms with van der Waals surface area (Å²) in [5.74, 6) is 1.82. The van der Waals surface area contributed by atoms with E-state index in [9.17, 15) is 0 Å². The van der Waals surface area contributed by atoms with Crippen molar-refractivity contribution in [3.63, 3.8) is 0 Å². The molecule has 2 aromatic carbocycles. The first-order chi connectivity index (χ1) is 11.3. The molecule has 0 aliphatic heterocycles. The second-order valence-electron chi connectivity index (χ2n) is 4.81. The standard InChI is InChI=1S/C19H14N2O2/c20-12-16-10-11-17(13-21-16)23-19-9-5-4-8-18(19)22-14-15-6-2-1-3-7-15/h1-11,13H,14H2. The van der Waals surface area contributed by atoms with E-state index in [-0.39, 0.29) is 0 Å². The van der Waals surface area contributed by atoms with Gasteiger partial charge in [-0.3, -0.25) is 0 Å². The number of ether oxygens (including phenoxy) is 2. The summed E-state index contributed by atoms with van der Waals surface area (Å²) in [4.78, 5) is 3.99. The van der Waals surface area contributed by atoms with E-state index >= 15 is 0 Å². The first-order valence-electron chi connectivity index (χ1n) is 7.15. The molecule has 0 radical (unpaired) electrons. The zero-order valence-corrected chi connectivity index (χ0v) is 12.3. The summed E-state index contributed by atoms with van der Waals surface area (Å²) in [5, 5.41) is 8.77. The van der Waals surface area contributed by atoms with Gasteiger partial charge in [-0.05, 0) is 29.8 Å². The van der Waals surface area contributed by atoms with Gasteiger partial charge in [-0.25, -0.2) is 4.98 Å². The van der Waals surface area contributed by atoms with Crippen molar-refractivity contribution >= 4 is 0 Å². The topological polar surface area (TPSA) is 55.1 Å². The highest BCUT2D eigenvalue weighted by atomic mass is 16.5. The Bertz CT molecular complexity index is 809. The Morgan fingerprint density at radius 3 is 2.30 bits per heavy atom. The smallest absolute Gasteiger partial charge is 0.169 e. The minimum Gasteiger partial charge on any atom is -0.485 e. The third kappa shape index (κ3) is 3.86. The van der Waals surface area contributed by atoms with Crippen LogP contribution >= 0.6 is 0 Å². The molecule has 4 heteroatoms. The van der Waals surface area contributed by atoms with Crippen molar-refractivity contribution in [3.8, 4) is 23.3 Å². The molecule has 0 aliphatic carbocycles. The maximum atomic E-state index is 8.77. The average molecular weight is 302 g/mol. The first-order valence-corrected chi connectivity index (χ1v) is 7.15. The van der Waals surface area contributed by atoms with Crippen LogP contribution in [0.25, 0.3) is 0 Å². The number of hydrogen-bond acceptors (Lipinski definition) is 4. The van der Waals surface area contributed by atoms with Gasteiger partial charge in [0.15, 0.2) is 11.5 Å². The molecule has 3 rings (SSSR count). The van der Waals surface area contributed by atoms with Gasteiger partial charge in [0.2, 0.25) is 0 Å². The van der Waals surface area contributed by atoms with Crippen LogP contribution < -0.4 is 9.47 Å². The van der Waals surface area contributed by atoms with Crippen molar-refractivity contribution in [1.29, 1.82) is 5.26 Å². The molecule has 0 saturated heterocycles. The van der Waals surface area contributed by atoms with Gasteiger partial charge in [0, 0.05) is 0 Å². The van der Waals surface area contributed by atoms with Crippen molar-refractivity contribution in [3.05, 3.63) is 84.2 Å². The van der Waals surface area contributed by atoms with Gasteiger partial charge < -0.3 is 9.47 Å². The Morgan fingerprint density at radius 1 is 0.870 bits per heavy atom. The molecule has 0 saturated carbocycles. The number of pyridine rings is 1. The molecule has 23 heavy (non-hydrogen) atoms. The third-order valence-electron chi connectivity index (χ3n) is 3.17. The summed E-state index contributed by atoms with van der Waals surface area (Å²) < 4.78 is 11.6. The van der Waals surface area contributed by atoms with Crippen molar-refractivity contribution in [2.45, 2.75) is 6.61 Å². The molecule has 4 nitrogen and oxygen atoms in total. The fourth-order valence-electron chi connectivity index (χ4n) is 2.02. The highest BCUT2D eigenvalue weighted by Crippen LogP contribution is 2.31. The Hall–Kier alpha value is -3.32. The first kappa shape index (κ1) is 14.6. The van der Waals surface area contributed by atoms with Gasteiger partial charge in [0.25, 0.3) is 0 Å². The van der Waals surface area contributed by atoms with Gasteiger partial charge in [-0.2, -0.15) is 5.26 Å². The predicted octanol–water partition coefficient (Wildman–Crippen LogP) is 4.32. The van der Waals surface area contributed by atoms with Gasteiger partial charge in [0.05, 0.1) is 6.20 Å². The highest BCUT2D eigenvalue weighted by Gasteiger charge is 2.06. The van der Waals surface area contributed by atoms with Gasteiger partial charge in [-0.15, -0.1) is 0 Å². The van der Waals surface area contributed by atoms with Crippen molar-refractivity contribution < 1.29 is 9.47 Å². The molecular weight excluding hydrogens is 288 g/mol. The third-order valence-corrected chi connectivity index (χ3v) is 3.17. The maximum Gasteiger partial charge on any atom is 0.169 e. The molecule has 1 heterocycles. The van der Waals surface area contributed by atoms with Crippen LogP contribution in [-0.2, 0) is 6.61 Å². The van der Waals surface area contributed by atoms with Gasteiger partial charge in [0.1, 0.15) is 24.1 Å². The van der Waals surface area contributed by atoms with E-state index in [1.54, 1.807) is 12.1 Å². The SMILES string of the molecule is N#Cc1ccc(Oc2ccccc2OCc2ccccc2)cn1. The molecule has 0 atom stereocenters. The summed E-state index contributed by atoms with van der Waals surface area (Å²) in [6, 6.07) is 22.7. The number of benzene rings is 2. The summed E-state index contributed by atoms with van der Waals surface area (Å²) in [7, 11) is 0. The predicted molar refractivity (Wildman–Crippen MR) is 86.2 cm³/mol. The Kier molecular flexibility index (Phi) is 4.51. The number of aromatic nitrogens is 1. The molecule has 0 aliphatic rings. The van der Waals surface area contributed by atoms with Crippen LogP contribution in [0.1, 0.15) is 11.3 Å². The van der Waals surface area contributed by atoms with E-state index in [0.717, 1.165) is 5.56 Å². The van der Waals surface area contributed by atoms with E-state index < -0.39 is 0 Å². The molecule has 1 aromatic heterocycles. The summed E-state index contributed by atoms with van der Waals surface area (Å²) in [5.41, 5.74) is 1.44. The molecule has 112 valence electrons. The Balaban J connectivity index is 1.73. The van der Waals surface area contributed by atoms with Crippen LogP contribution in [0.3, 0.4) is 0 Å². The van der Waals surface area contributed by atoms with E-state index in [1.165, 1.54) is 6.20 Å². The number of rotatable bonds is 5. The van der Waals surface area contributed by atoms with E-state index in [4.69, 9.17) is 14.7 Å². The molecule has 0 unspecified atom stereocenters. The van der Waals surface area contributed by atoms with Crippen LogP contribution in [0.5, 0.6) is 17.2 Å². The lowest BCUT2D eigenvalue weighted by molar-refractivity contribution is 0.291. The van der Waals surface area contributed by atoms with Crippen LogP contribution in [0.15, 0.2) is 72.9 Å². The molecule has 0 spiro atoms. The lowest BCUT2D eigenvalue weighted by Gasteiger charge is -2.12. The lowest BCUT2D eigenvalue weighted by Crippen LogP contribution is -1.97. The van der Waals surface area contributed by atoms with Crippen molar-refractivity contribution in [1.82, 2.24) is 4.98 Å². The van der Waals surface area contributed by atoms with Gasteiger partial charge in [-0.1, -0.05) is 42.5 Å². The van der Waals surface area contributed by atoms with E-state index in [0.29, 0.717) is 29.5 Å². The normalized spacial score (nSPS) is 9.87. The Labute approximate surface area is 134 Å². The molecule has 0 N–H and O–H groups in total. The molecule has 3 aromatic rings. The average Bonchev–Trinajstić information content (AvgIpc) is 2.62. The summed E-state index contributed by atoms with van der Waals surface area (Å²) in [6.07, 6.45) is 1.52. The maximum absolute atomic E-state index is 8.77. The molecule has 0 bridgehead atoms. The lowest BCUT2D eigenvalue weighted by atomic mass is 10.2. The van der Waals surface area contributed by atoms with E-state index in [2.05, 4.69) is 4.98 Å². The summed E-state index contributed by atoms with van der Waals surface area (Å²) in [6.45, 7) is 0.465. The fraction of sp³-hybridized carbons (Fsp3) is 0.0526. The van der Waals surface area contributed by atoms with Crippen LogP contribution in [0, 0.1) is 11.3 Å². The monoisotopic (exact) mass is 302 g/mol. The van der Waals surface area contributed by atoms with E-state index in [1.807, 2.05) is 60.7 Å². The zero-order chi connectivity index (χ0) is 15.9. The second-order valence-corrected chi connectivity index (χ2v) is 4.81. The minimum atomic E-state index is 0.353. The molecule has 0 fully saturated rings. The van der Waals surface area contributed by atoms with Crippen molar-refractivity contribution in [2.75, 3.05) is 0 Å². The molecule has 0 amide bonds. The number of hydrogen-bond donors (Lipinski definition) is 0. The zero-order valence-electron chi connectivity index (χ0n) is 12.3. The van der Waals surface area contributed by atoms with Crippen LogP contribution in [0.4, 0.5) is 0 Å². The number of nitrogens with zero attached hydrogens (tertiary/aromatic N) is 2. The number of para-hydroxylation sites is 2. The fourth-order valence-corrected chi connectivity index (χ4v) is 2.02. The quantitative estimate of drug-likeness (QED) is 0.704. The van der Waals surface area contributed by atoms with Crippen molar-refractivity contribution in [2.24, 2.45) is 0 Å². The molecular formula is C19H14N2O2. The van der Waals surface area contributed by atoms with Gasteiger partial charge >= 0.3 is 0 Å². The Morgan fingerprint density at radius 2 is 1.61 bits per heavy atom. The number of nitriles is 1. The van der Waals surface area contributed by atoms with Crippen LogP contribution in [-0.4, -0.2) is 4.98 Å². The largest absolute Gasteiger partial charge is 0.485 e. The second kappa shape index (κ2) is 7.10.